The fourth-order valence-electron chi connectivity index (χ4n) is 2.18. The molecule has 104 valence electrons. The highest BCUT2D eigenvalue weighted by Gasteiger charge is 2.27. The van der Waals surface area contributed by atoms with E-state index in [0.29, 0.717) is 18.2 Å². The number of H-pyrrole nitrogens is 1. The topological polar surface area (TPSA) is 49.0 Å². The van der Waals surface area contributed by atoms with Crippen molar-refractivity contribution in [2.75, 3.05) is 7.05 Å². The molecule has 1 heterocycles. The first kappa shape index (κ1) is 12.8. The van der Waals surface area contributed by atoms with Gasteiger partial charge in [-0.25, -0.2) is 4.39 Å². The Bertz CT molecular complexity index is 616. The summed E-state index contributed by atoms with van der Waals surface area (Å²) in [6, 6.07) is 7.99. The lowest BCUT2D eigenvalue weighted by atomic mass is 10.2. The number of carbonyl (C=O) groups is 1. The number of halogens is 1. The fraction of sp³-hybridized carbons (Fsp3) is 0.333. The van der Waals surface area contributed by atoms with Gasteiger partial charge in [0, 0.05) is 25.2 Å². The maximum absolute atomic E-state index is 12.8. The van der Waals surface area contributed by atoms with E-state index in [1.165, 1.54) is 25.0 Å². The average Bonchev–Trinajstić information content (AvgIpc) is 3.18. The summed E-state index contributed by atoms with van der Waals surface area (Å²) in [4.78, 5) is 13.8. The van der Waals surface area contributed by atoms with Gasteiger partial charge in [0.1, 0.15) is 11.5 Å². The maximum atomic E-state index is 12.8. The van der Waals surface area contributed by atoms with Crippen molar-refractivity contribution >= 4 is 5.91 Å². The van der Waals surface area contributed by atoms with Crippen LogP contribution in [0.5, 0.6) is 0 Å². The number of rotatable bonds is 4. The molecule has 5 heteroatoms. The molecular formula is C15H16FN3O. The molecule has 0 unspecified atom stereocenters. The minimum Gasteiger partial charge on any atom is -0.336 e. The second-order valence-corrected chi connectivity index (χ2v) is 5.27. The molecule has 1 aromatic heterocycles. The van der Waals surface area contributed by atoms with Crippen molar-refractivity contribution in [2.24, 2.45) is 0 Å². The van der Waals surface area contributed by atoms with Gasteiger partial charge in [-0.3, -0.25) is 9.89 Å². The Hall–Kier alpha value is -2.17. The Morgan fingerprint density at radius 1 is 1.40 bits per heavy atom. The second kappa shape index (κ2) is 5.07. The molecule has 1 aliphatic carbocycles. The molecule has 1 fully saturated rings. The lowest BCUT2D eigenvalue weighted by Gasteiger charge is -2.15. The standard InChI is InChI=1S/C15H16FN3O/c1-19(9-10-2-6-12(16)7-3-10)15(20)14-8-13(17-18-14)11-4-5-11/h2-3,6-8,11H,4-5,9H2,1H3,(H,17,18). The SMILES string of the molecule is CN(Cc1ccc(F)cc1)C(=O)c1cc(C2CC2)[nH]n1. The number of aromatic amines is 1. The van der Waals surface area contributed by atoms with Gasteiger partial charge in [0.25, 0.3) is 5.91 Å². The van der Waals surface area contributed by atoms with Gasteiger partial charge in [0.15, 0.2) is 0 Å². The summed E-state index contributed by atoms with van der Waals surface area (Å²) in [7, 11) is 1.72. The van der Waals surface area contributed by atoms with Gasteiger partial charge >= 0.3 is 0 Å². The molecule has 0 spiro atoms. The van der Waals surface area contributed by atoms with Crippen molar-refractivity contribution in [1.29, 1.82) is 0 Å². The molecule has 4 nitrogen and oxygen atoms in total. The van der Waals surface area contributed by atoms with Crippen LogP contribution < -0.4 is 0 Å². The molecule has 1 N–H and O–H groups in total. The third-order valence-electron chi connectivity index (χ3n) is 3.51. The largest absolute Gasteiger partial charge is 0.336 e. The van der Waals surface area contributed by atoms with E-state index in [1.807, 2.05) is 6.07 Å². The van der Waals surface area contributed by atoms with Crippen LogP contribution in [0.15, 0.2) is 30.3 Å². The third kappa shape index (κ3) is 2.71. The predicted molar refractivity (Wildman–Crippen MR) is 72.8 cm³/mol. The Morgan fingerprint density at radius 2 is 2.10 bits per heavy atom. The Balaban J connectivity index is 1.67. The normalized spacial score (nSPS) is 14.3. The van der Waals surface area contributed by atoms with E-state index in [9.17, 15) is 9.18 Å². The van der Waals surface area contributed by atoms with Gasteiger partial charge in [0.2, 0.25) is 0 Å². The van der Waals surface area contributed by atoms with Gasteiger partial charge in [0.05, 0.1) is 0 Å². The molecule has 1 aromatic carbocycles. The number of aromatic nitrogens is 2. The summed E-state index contributed by atoms with van der Waals surface area (Å²) in [5.74, 6) is 0.146. The molecule has 0 radical (unpaired) electrons. The zero-order valence-corrected chi connectivity index (χ0v) is 11.3. The van der Waals surface area contributed by atoms with E-state index >= 15 is 0 Å². The first-order valence-electron chi connectivity index (χ1n) is 6.68. The summed E-state index contributed by atoms with van der Waals surface area (Å²) in [5, 5.41) is 7.01. The highest BCUT2D eigenvalue weighted by Crippen LogP contribution is 2.39. The molecule has 0 saturated heterocycles. The summed E-state index contributed by atoms with van der Waals surface area (Å²) < 4.78 is 12.8. The molecular weight excluding hydrogens is 257 g/mol. The number of nitrogens with zero attached hydrogens (tertiary/aromatic N) is 2. The lowest BCUT2D eigenvalue weighted by molar-refractivity contribution is 0.0779. The van der Waals surface area contributed by atoms with Crippen molar-refractivity contribution < 1.29 is 9.18 Å². The molecule has 1 saturated carbocycles. The van der Waals surface area contributed by atoms with Crippen molar-refractivity contribution in [3.05, 3.63) is 53.1 Å². The Kier molecular flexibility index (Phi) is 3.26. The minimum absolute atomic E-state index is 0.127. The summed E-state index contributed by atoms with van der Waals surface area (Å²) in [5.41, 5.74) is 2.38. The fourth-order valence-corrected chi connectivity index (χ4v) is 2.18. The Morgan fingerprint density at radius 3 is 2.75 bits per heavy atom. The first-order valence-corrected chi connectivity index (χ1v) is 6.68. The van der Waals surface area contributed by atoms with Crippen LogP contribution in [0.3, 0.4) is 0 Å². The highest BCUT2D eigenvalue weighted by atomic mass is 19.1. The predicted octanol–water partition coefficient (Wildman–Crippen LogP) is 2.70. The van der Waals surface area contributed by atoms with Crippen LogP contribution in [-0.4, -0.2) is 28.1 Å². The summed E-state index contributed by atoms with van der Waals surface area (Å²) >= 11 is 0. The maximum Gasteiger partial charge on any atom is 0.274 e. The van der Waals surface area contributed by atoms with Gasteiger partial charge in [-0.1, -0.05) is 12.1 Å². The van der Waals surface area contributed by atoms with E-state index in [1.54, 1.807) is 24.1 Å². The van der Waals surface area contributed by atoms with Crippen molar-refractivity contribution in [1.82, 2.24) is 15.1 Å². The van der Waals surface area contributed by atoms with Gasteiger partial charge in [-0.05, 0) is 36.6 Å². The number of benzene rings is 1. The van der Waals surface area contributed by atoms with E-state index in [4.69, 9.17) is 0 Å². The van der Waals surface area contributed by atoms with Crippen LogP contribution in [0.1, 0.15) is 40.5 Å². The van der Waals surface area contributed by atoms with Crippen LogP contribution in [0.2, 0.25) is 0 Å². The van der Waals surface area contributed by atoms with Crippen molar-refractivity contribution in [2.45, 2.75) is 25.3 Å². The summed E-state index contributed by atoms with van der Waals surface area (Å²) in [6.07, 6.45) is 2.34. The van der Waals surface area contributed by atoms with Gasteiger partial charge in [-0.15, -0.1) is 0 Å². The molecule has 0 atom stereocenters. The van der Waals surface area contributed by atoms with Crippen LogP contribution in [-0.2, 0) is 6.54 Å². The zero-order chi connectivity index (χ0) is 14.1. The van der Waals surface area contributed by atoms with Gasteiger partial charge < -0.3 is 4.90 Å². The van der Waals surface area contributed by atoms with Crippen LogP contribution in [0.25, 0.3) is 0 Å². The zero-order valence-electron chi connectivity index (χ0n) is 11.3. The number of hydrogen-bond donors (Lipinski definition) is 1. The number of carbonyl (C=O) groups excluding carboxylic acids is 1. The Labute approximate surface area is 116 Å². The monoisotopic (exact) mass is 273 g/mol. The van der Waals surface area contributed by atoms with E-state index in [2.05, 4.69) is 10.2 Å². The van der Waals surface area contributed by atoms with Crippen LogP contribution in [0.4, 0.5) is 4.39 Å². The molecule has 20 heavy (non-hydrogen) atoms. The van der Waals surface area contributed by atoms with E-state index < -0.39 is 0 Å². The summed E-state index contributed by atoms with van der Waals surface area (Å²) in [6.45, 7) is 0.435. The third-order valence-corrected chi connectivity index (χ3v) is 3.51. The molecule has 1 aliphatic rings. The number of nitrogens with one attached hydrogen (secondary N) is 1. The quantitative estimate of drug-likeness (QED) is 0.931. The van der Waals surface area contributed by atoms with Crippen molar-refractivity contribution in [3.63, 3.8) is 0 Å². The van der Waals surface area contributed by atoms with Gasteiger partial charge in [-0.2, -0.15) is 5.10 Å². The molecule has 1 amide bonds. The van der Waals surface area contributed by atoms with Crippen LogP contribution in [0, 0.1) is 5.82 Å². The van der Waals surface area contributed by atoms with Crippen LogP contribution >= 0.6 is 0 Å². The number of amides is 1. The van der Waals surface area contributed by atoms with E-state index in [-0.39, 0.29) is 11.7 Å². The highest BCUT2D eigenvalue weighted by molar-refractivity contribution is 5.92. The first-order chi connectivity index (χ1) is 9.63. The molecule has 0 aliphatic heterocycles. The van der Waals surface area contributed by atoms with Crippen molar-refractivity contribution in [3.8, 4) is 0 Å². The molecule has 0 bridgehead atoms. The average molecular weight is 273 g/mol. The lowest BCUT2D eigenvalue weighted by Crippen LogP contribution is -2.26. The second-order valence-electron chi connectivity index (χ2n) is 5.27. The minimum atomic E-state index is -0.274. The smallest absolute Gasteiger partial charge is 0.274 e. The molecule has 2 aromatic rings. The number of hydrogen-bond acceptors (Lipinski definition) is 2. The molecule has 3 rings (SSSR count). The van der Waals surface area contributed by atoms with E-state index in [0.717, 1.165) is 11.3 Å².